The van der Waals surface area contributed by atoms with Crippen LogP contribution in [0.2, 0.25) is 0 Å². The Kier molecular flexibility index (Phi) is 3.76. The van der Waals surface area contributed by atoms with Crippen LogP contribution in [-0.4, -0.2) is 21.6 Å². The lowest BCUT2D eigenvalue weighted by molar-refractivity contribution is 0.440. The molecular formula is C16H23N3. The Bertz CT molecular complexity index is 588. The summed E-state index contributed by atoms with van der Waals surface area (Å²) in [6.45, 7) is 14.4. The van der Waals surface area contributed by atoms with E-state index < -0.39 is 0 Å². The Morgan fingerprint density at radius 3 is 2.68 bits per heavy atom. The number of hydrogen-bond acceptors (Lipinski definition) is 2. The minimum absolute atomic E-state index is 0.120. The highest BCUT2D eigenvalue weighted by Crippen LogP contribution is 2.16. The fraction of sp³-hybridized carbons (Fsp3) is 0.438. The van der Waals surface area contributed by atoms with Gasteiger partial charge in [-0.05, 0) is 45.4 Å². The molecule has 0 radical (unpaired) electrons. The smallest absolute Gasteiger partial charge is 0.107 e. The first kappa shape index (κ1) is 13.8. The van der Waals surface area contributed by atoms with E-state index in [4.69, 9.17) is 0 Å². The van der Waals surface area contributed by atoms with Crippen LogP contribution in [0.1, 0.15) is 26.6 Å². The number of hydrogen-bond donors (Lipinski definition) is 1. The number of fused-ring (bicyclic) bond motifs is 1. The Morgan fingerprint density at radius 2 is 2.00 bits per heavy atom. The third-order valence-electron chi connectivity index (χ3n) is 3.10. The van der Waals surface area contributed by atoms with Crippen molar-refractivity contribution in [2.45, 2.75) is 39.8 Å². The number of nitrogens with zero attached hydrogens (tertiary/aromatic N) is 2. The van der Waals surface area contributed by atoms with E-state index in [1.54, 1.807) is 0 Å². The van der Waals surface area contributed by atoms with E-state index in [0.717, 1.165) is 24.4 Å². The molecule has 0 fully saturated rings. The van der Waals surface area contributed by atoms with Crippen molar-refractivity contribution in [1.82, 2.24) is 14.9 Å². The van der Waals surface area contributed by atoms with Crippen LogP contribution in [0, 0.1) is 6.92 Å². The van der Waals surface area contributed by atoms with Crippen LogP contribution >= 0.6 is 0 Å². The number of imidazole rings is 1. The predicted octanol–water partition coefficient (Wildman–Crippen LogP) is 3.29. The summed E-state index contributed by atoms with van der Waals surface area (Å²) >= 11 is 0. The van der Waals surface area contributed by atoms with Crippen LogP contribution in [0.3, 0.4) is 0 Å². The topological polar surface area (TPSA) is 29.9 Å². The standard InChI is InChI=1S/C16H23N3/c1-12(10-17-16(3,4)5)11-19-13(2)18-14-8-6-7-9-15(14)19/h6-9,17H,1,10-11H2,2-5H3. The van der Waals surface area contributed by atoms with Crippen LogP contribution in [-0.2, 0) is 6.54 Å². The number of rotatable bonds is 4. The van der Waals surface area contributed by atoms with E-state index >= 15 is 0 Å². The van der Waals surface area contributed by atoms with Crippen LogP contribution in [0.5, 0.6) is 0 Å². The maximum Gasteiger partial charge on any atom is 0.107 e. The molecule has 2 aromatic rings. The number of aromatic nitrogens is 2. The van der Waals surface area contributed by atoms with Crippen LogP contribution in [0.15, 0.2) is 36.4 Å². The molecule has 3 nitrogen and oxygen atoms in total. The van der Waals surface area contributed by atoms with E-state index in [1.807, 2.05) is 13.0 Å². The molecule has 1 aromatic carbocycles. The van der Waals surface area contributed by atoms with Gasteiger partial charge in [0.2, 0.25) is 0 Å². The molecule has 0 saturated heterocycles. The van der Waals surface area contributed by atoms with Gasteiger partial charge < -0.3 is 9.88 Å². The Morgan fingerprint density at radius 1 is 1.32 bits per heavy atom. The van der Waals surface area contributed by atoms with Crippen molar-refractivity contribution in [2.24, 2.45) is 0 Å². The summed E-state index contributed by atoms with van der Waals surface area (Å²) < 4.78 is 2.22. The van der Waals surface area contributed by atoms with Gasteiger partial charge in [-0.2, -0.15) is 0 Å². The Balaban J connectivity index is 2.13. The van der Waals surface area contributed by atoms with Gasteiger partial charge in [0, 0.05) is 18.6 Å². The lowest BCUT2D eigenvalue weighted by Crippen LogP contribution is -2.37. The first-order valence-corrected chi connectivity index (χ1v) is 6.70. The maximum absolute atomic E-state index is 4.58. The molecule has 0 bridgehead atoms. The largest absolute Gasteiger partial charge is 0.324 e. The highest BCUT2D eigenvalue weighted by atomic mass is 15.1. The molecule has 0 unspecified atom stereocenters. The lowest BCUT2D eigenvalue weighted by Gasteiger charge is -2.21. The van der Waals surface area contributed by atoms with Crippen LogP contribution in [0.25, 0.3) is 11.0 Å². The zero-order chi connectivity index (χ0) is 14.0. The number of benzene rings is 1. The molecule has 0 spiro atoms. The average molecular weight is 257 g/mol. The second-order valence-electron chi connectivity index (χ2n) is 6.09. The second-order valence-corrected chi connectivity index (χ2v) is 6.09. The summed E-state index contributed by atoms with van der Waals surface area (Å²) in [6.07, 6.45) is 0. The molecule has 1 heterocycles. The van der Waals surface area contributed by atoms with Crippen molar-refractivity contribution in [1.29, 1.82) is 0 Å². The highest BCUT2D eigenvalue weighted by molar-refractivity contribution is 5.75. The summed E-state index contributed by atoms with van der Waals surface area (Å²) in [5.41, 5.74) is 3.52. The molecule has 3 heteroatoms. The van der Waals surface area contributed by atoms with E-state index in [9.17, 15) is 0 Å². The summed E-state index contributed by atoms with van der Waals surface area (Å²) in [5, 5.41) is 3.47. The molecule has 19 heavy (non-hydrogen) atoms. The van der Waals surface area contributed by atoms with Gasteiger partial charge in [0.25, 0.3) is 0 Å². The third kappa shape index (κ3) is 3.44. The van der Waals surface area contributed by atoms with Gasteiger partial charge in [0.05, 0.1) is 11.0 Å². The van der Waals surface area contributed by atoms with E-state index in [0.29, 0.717) is 0 Å². The van der Waals surface area contributed by atoms with Gasteiger partial charge in [-0.1, -0.05) is 18.7 Å². The predicted molar refractivity (Wildman–Crippen MR) is 81.4 cm³/mol. The Hall–Kier alpha value is -1.61. The zero-order valence-electron chi connectivity index (χ0n) is 12.3. The number of aryl methyl sites for hydroxylation is 1. The molecule has 0 aliphatic carbocycles. The zero-order valence-corrected chi connectivity index (χ0v) is 12.3. The van der Waals surface area contributed by atoms with Crippen LogP contribution < -0.4 is 5.32 Å². The minimum Gasteiger partial charge on any atom is -0.324 e. The second kappa shape index (κ2) is 5.17. The van der Waals surface area contributed by atoms with Crippen LogP contribution in [0.4, 0.5) is 0 Å². The van der Waals surface area contributed by atoms with E-state index in [2.05, 4.69) is 60.4 Å². The molecule has 0 amide bonds. The molecule has 2 rings (SSSR count). The van der Waals surface area contributed by atoms with Crippen molar-refractivity contribution in [3.63, 3.8) is 0 Å². The fourth-order valence-corrected chi connectivity index (χ4v) is 2.07. The molecule has 0 aliphatic rings. The number of para-hydroxylation sites is 2. The van der Waals surface area contributed by atoms with Gasteiger partial charge in [-0.3, -0.25) is 0 Å². The Labute approximate surface area is 115 Å². The quantitative estimate of drug-likeness (QED) is 0.852. The average Bonchev–Trinajstić information content (AvgIpc) is 2.63. The normalized spacial score (nSPS) is 12.0. The summed E-state index contributed by atoms with van der Waals surface area (Å²) in [5.74, 6) is 1.04. The fourth-order valence-electron chi connectivity index (χ4n) is 2.07. The molecule has 1 aromatic heterocycles. The lowest BCUT2D eigenvalue weighted by atomic mass is 10.1. The van der Waals surface area contributed by atoms with E-state index in [-0.39, 0.29) is 5.54 Å². The highest BCUT2D eigenvalue weighted by Gasteiger charge is 2.11. The summed E-state index contributed by atoms with van der Waals surface area (Å²) in [4.78, 5) is 4.58. The molecular weight excluding hydrogens is 234 g/mol. The molecule has 0 atom stereocenters. The molecule has 102 valence electrons. The van der Waals surface area contributed by atoms with Crippen molar-refractivity contribution < 1.29 is 0 Å². The van der Waals surface area contributed by atoms with Gasteiger partial charge in [0.15, 0.2) is 0 Å². The molecule has 0 aliphatic heterocycles. The van der Waals surface area contributed by atoms with Crippen molar-refractivity contribution in [2.75, 3.05) is 6.54 Å². The number of nitrogens with one attached hydrogen (secondary N) is 1. The molecule has 1 N–H and O–H groups in total. The van der Waals surface area contributed by atoms with Gasteiger partial charge in [-0.25, -0.2) is 4.98 Å². The molecule has 0 saturated carbocycles. The first-order chi connectivity index (χ1) is 8.87. The van der Waals surface area contributed by atoms with Crippen molar-refractivity contribution >= 4 is 11.0 Å². The van der Waals surface area contributed by atoms with Crippen molar-refractivity contribution in [3.05, 3.63) is 42.2 Å². The van der Waals surface area contributed by atoms with Gasteiger partial charge in [0.1, 0.15) is 5.82 Å². The van der Waals surface area contributed by atoms with E-state index in [1.165, 1.54) is 11.1 Å². The first-order valence-electron chi connectivity index (χ1n) is 6.70. The van der Waals surface area contributed by atoms with Gasteiger partial charge in [-0.15, -0.1) is 0 Å². The summed E-state index contributed by atoms with van der Waals surface area (Å²) in [6, 6.07) is 8.24. The third-order valence-corrected chi connectivity index (χ3v) is 3.10. The minimum atomic E-state index is 0.120. The van der Waals surface area contributed by atoms with Gasteiger partial charge >= 0.3 is 0 Å². The monoisotopic (exact) mass is 257 g/mol. The summed E-state index contributed by atoms with van der Waals surface area (Å²) in [7, 11) is 0. The maximum atomic E-state index is 4.58. The SMILES string of the molecule is C=C(CNC(C)(C)C)Cn1c(C)nc2ccccc21. The van der Waals surface area contributed by atoms with Crippen molar-refractivity contribution in [3.8, 4) is 0 Å².